The quantitative estimate of drug-likeness (QED) is 0.618. The summed E-state index contributed by atoms with van der Waals surface area (Å²) >= 11 is 0. The molecule has 0 bridgehead atoms. The molecule has 0 fully saturated rings. The predicted octanol–water partition coefficient (Wildman–Crippen LogP) is 3.79. The molecule has 4 nitrogen and oxygen atoms in total. The maximum absolute atomic E-state index is 10.6. The fraction of sp³-hybridized carbons (Fsp3) is 0.200. The van der Waals surface area contributed by atoms with Crippen LogP contribution in [0.4, 0.5) is 5.69 Å². The second kappa shape index (κ2) is 5.52. The summed E-state index contributed by atoms with van der Waals surface area (Å²) in [5.41, 5.74) is 3.13. The minimum absolute atomic E-state index is 0.0835. The van der Waals surface area contributed by atoms with Crippen LogP contribution in [0.3, 0.4) is 0 Å². The Morgan fingerprint density at radius 3 is 2.37 bits per heavy atom. The van der Waals surface area contributed by atoms with Gasteiger partial charge in [-0.3, -0.25) is 10.1 Å². The molecule has 0 aromatic heterocycles. The zero-order valence-corrected chi connectivity index (χ0v) is 10.9. The van der Waals surface area contributed by atoms with Crippen LogP contribution in [0.15, 0.2) is 42.5 Å². The molecule has 0 radical (unpaired) electrons. The van der Waals surface area contributed by atoms with E-state index in [1.165, 1.54) is 17.7 Å². The van der Waals surface area contributed by atoms with Crippen LogP contribution < -0.4 is 4.74 Å². The zero-order valence-electron chi connectivity index (χ0n) is 10.9. The molecule has 2 aromatic rings. The van der Waals surface area contributed by atoms with E-state index in [4.69, 9.17) is 4.74 Å². The molecule has 2 rings (SSSR count). The van der Waals surface area contributed by atoms with Gasteiger partial charge in [-0.15, -0.1) is 0 Å². The van der Waals surface area contributed by atoms with E-state index in [1.54, 1.807) is 13.0 Å². The lowest BCUT2D eigenvalue weighted by Gasteiger charge is -2.09. The first-order valence-electron chi connectivity index (χ1n) is 5.99. The molecule has 4 heteroatoms. The van der Waals surface area contributed by atoms with E-state index in [1.807, 2.05) is 31.2 Å². The van der Waals surface area contributed by atoms with Crippen LogP contribution in [0.2, 0.25) is 0 Å². The summed E-state index contributed by atoms with van der Waals surface area (Å²) in [6.07, 6.45) is 0. The van der Waals surface area contributed by atoms with Gasteiger partial charge in [0.15, 0.2) is 0 Å². The monoisotopic (exact) mass is 257 g/mol. The van der Waals surface area contributed by atoms with Gasteiger partial charge in [0, 0.05) is 12.1 Å². The van der Waals surface area contributed by atoms with Gasteiger partial charge >= 0.3 is 0 Å². The topological polar surface area (TPSA) is 52.4 Å². The summed E-state index contributed by atoms with van der Waals surface area (Å²) in [7, 11) is 0. The molecule has 0 saturated carbocycles. The van der Waals surface area contributed by atoms with Crippen molar-refractivity contribution in [3.63, 3.8) is 0 Å². The number of aryl methyl sites for hydroxylation is 2. The van der Waals surface area contributed by atoms with Crippen LogP contribution in [0.25, 0.3) is 0 Å². The van der Waals surface area contributed by atoms with E-state index < -0.39 is 4.92 Å². The number of hydrogen-bond donors (Lipinski definition) is 0. The molecule has 0 unspecified atom stereocenters. The van der Waals surface area contributed by atoms with Crippen LogP contribution in [0, 0.1) is 24.0 Å². The molecular formula is C15H15NO3. The molecule has 2 aromatic carbocycles. The highest BCUT2D eigenvalue weighted by Crippen LogP contribution is 2.24. The van der Waals surface area contributed by atoms with Crippen molar-refractivity contribution in [1.29, 1.82) is 0 Å². The fourth-order valence-electron chi connectivity index (χ4n) is 1.75. The van der Waals surface area contributed by atoms with E-state index in [-0.39, 0.29) is 5.69 Å². The lowest BCUT2D eigenvalue weighted by atomic mass is 10.1. The standard InChI is InChI=1S/C15H15NO3/c1-11-3-5-13(6-4-11)10-19-15-8-7-14(16(17)18)9-12(15)2/h3-9H,10H2,1-2H3. The summed E-state index contributed by atoms with van der Waals surface area (Å²) in [6, 6.07) is 12.7. The Labute approximate surface area is 111 Å². The Hall–Kier alpha value is -2.36. The molecule has 0 heterocycles. The maximum Gasteiger partial charge on any atom is 0.269 e. The SMILES string of the molecule is Cc1ccc(COc2ccc([N+](=O)[O-])cc2C)cc1. The van der Waals surface area contributed by atoms with Crippen molar-refractivity contribution in [2.75, 3.05) is 0 Å². The van der Waals surface area contributed by atoms with Gasteiger partial charge in [-0.1, -0.05) is 29.8 Å². The lowest BCUT2D eigenvalue weighted by Crippen LogP contribution is -1.98. The van der Waals surface area contributed by atoms with Gasteiger partial charge in [-0.2, -0.15) is 0 Å². The smallest absolute Gasteiger partial charge is 0.269 e. The van der Waals surface area contributed by atoms with Crippen LogP contribution in [-0.2, 0) is 6.61 Å². The average molecular weight is 257 g/mol. The number of nitro groups is 1. The summed E-state index contributed by atoms with van der Waals surface area (Å²) < 4.78 is 5.67. The van der Waals surface area contributed by atoms with Crippen molar-refractivity contribution >= 4 is 5.69 Å². The largest absolute Gasteiger partial charge is 0.489 e. The predicted molar refractivity (Wildman–Crippen MR) is 73.3 cm³/mol. The molecule has 0 aliphatic rings. The maximum atomic E-state index is 10.6. The summed E-state index contributed by atoms with van der Waals surface area (Å²) in [6.45, 7) is 4.29. The molecule has 0 atom stereocenters. The number of rotatable bonds is 4. The van der Waals surface area contributed by atoms with Gasteiger partial charge in [-0.25, -0.2) is 0 Å². The summed E-state index contributed by atoms with van der Waals surface area (Å²) in [5, 5.41) is 10.6. The van der Waals surface area contributed by atoms with Gasteiger partial charge in [0.25, 0.3) is 5.69 Å². The first-order chi connectivity index (χ1) is 9.06. The van der Waals surface area contributed by atoms with Crippen molar-refractivity contribution in [2.24, 2.45) is 0 Å². The highest BCUT2D eigenvalue weighted by molar-refractivity contribution is 5.43. The third kappa shape index (κ3) is 3.31. The molecule has 0 aliphatic heterocycles. The first-order valence-corrected chi connectivity index (χ1v) is 5.99. The van der Waals surface area contributed by atoms with Gasteiger partial charge in [0.05, 0.1) is 4.92 Å². The molecule has 0 amide bonds. The van der Waals surface area contributed by atoms with Gasteiger partial charge in [0.2, 0.25) is 0 Å². The molecule has 0 saturated heterocycles. The Morgan fingerprint density at radius 2 is 1.79 bits per heavy atom. The molecule has 0 N–H and O–H groups in total. The number of nitrogens with zero attached hydrogens (tertiary/aromatic N) is 1. The molecule has 0 aliphatic carbocycles. The molecular weight excluding hydrogens is 242 g/mol. The number of nitro benzene ring substituents is 1. The number of ether oxygens (including phenoxy) is 1. The van der Waals surface area contributed by atoms with E-state index in [0.29, 0.717) is 12.4 Å². The van der Waals surface area contributed by atoms with Crippen LogP contribution in [0.1, 0.15) is 16.7 Å². The van der Waals surface area contributed by atoms with Crippen LogP contribution in [-0.4, -0.2) is 4.92 Å². The second-order valence-corrected chi connectivity index (χ2v) is 4.48. The Bertz CT molecular complexity index is 591. The Morgan fingerprint density at radius 1 is 1.11 bits per heavy atom. The highest BCUT2D eigenvalue weighted by atomic mass is 16.6. The van der Waals surface area contributed by atoms with Crippen LogP contribution in [0.5, 0.6) is 5.75 Å². The minimum Gasteiger partial charge on any atom is -0.489 e. The normalized spacial score (nSPS) is 10.2. The van der Waals surface area contributed by atoms with Crippen molar-refractivity contribution in [2.45, 2.75) is 20.5 Å². The number of hydrogen-bond acceptors (Lipinski definition) is 3. The number of non-ortho nitro benzene ring substituents is 1. The minimum atomic E-state index is -0.406. The third-order valence-corrected chi connectivity index (χ3v) is 2.88. The second-order valence-electron chi connectivity index (χ2n) is 4.48. The third-order valence-electron chi connectivity index (χ3n) is 2.88. The molecule has 19 heavy (non-hydrogen) atoms. The van der Waals surface area contributed by atoms with Crippen molar-refractivity contribution < 1.29 is 9.66 Å². The highest BCUT2D eigenvalue weighted by Gasteiger charge is 2.08. The summed E-state index contributed by atoms with van der Waals surface area (Å²) in [4.78, 5) is 10.2. The van der Waals surface area contributed by atoms with Crippen molar-refractivity contribution in [3.05, 3.63) is 69.3 Å². The van der Waals surface area contributed by atoms with Crippen molar-refractivity contribution in [3.8, 4) is 5.75 Å². The first kappa shape index (κ1) is 13.1. The Balaban J connectivity index is 2.07. The van der Waals surface area contributed by atoms with Gasteiger partial charge in [0.1, 0.15) is 12.4 Å². The molecule has 98 valence electrons. The van der Waals surface area contributed by atoms with Crippen LogP contribution >= 0.6 is 0 Å². The Kier molecular flexibility index (Phi) is 3.80. The lowest BCUT2D eigenvalue weighted by molar-refractivity contribution is -0.384. The van der Waals surface area contributed by atoms with E-state index >= 15 is 0 Å². The van der Waals surface area contributed by atoms with Gasteiger partial charge in [-0.05, 0) is 31.0 Å². The summed E-state index contributed by atoms with van der Waals surface area (Å²) in [5.74, 6) is 0.672. The zero-order chi connectivity index (χ0) is 13.8. The fourth-order valence-corrected chi connectivity index (χ4v) is 1.75. The van der Waals surface area contributed by atoms with E-state index in [2.05, 4.69) is 0 Å². The van der Waals surface area contributed by atoms with Crippen molar-refractivity contribution in [1.82, 2.24) is 0 Å². The molecule has 0 spiro atoms. The number of benzene rings is 2. The van der Waals surface area contributed by atoms with Gasteiger partial charge < -0.3 is 4.74 Å². The average Bonchev–Trinajstić information content (AvgIpc) is 2.39. The van der Waals surface area contributed by atoms with E-state index in [9.17, 15) is 10.1 Å². The van der Waals surface area contributed by atoms with E-state index in [0.717, 1.165) is 11.1 Å².